The Balaban J connectivity index is 2.21. The van der Waals surface area contributed by atoms with Crippen LogP contribution >= 0.6 is 11.6 Å². The molecule has 6 heteroatoms. The molecule has 0 spiro atoms. The van der Waals surface area contributed by atoms with Crippen molar-refractivity contribution < 1.29 is 14.0 Å². The second-order valence-electron chi connectivity index (χ2n) is 6.03. The van der Waals surface area contributed by atoms with Gasteiger partial charge in [-0.3, -0.25) is 9.59 Å². The number of rotatable bonds is 7. The van der Waals surface area contributed by atoms with Gasteiger partial charge in [-0.25, -0.2) is 4.39 Å². The van der Waals surface area contributed by atoms with Gasteiger partial charge in [-0.05, 0) is 49.2 Å². The molecular weight excluding hydrogens is 355 g/mol. The number of nitrogens with zero attached hydrogens (tertiary/aromatic N) is 1. The number of amides is 2. The van der Waals surface area contributed by atoms with Gasteiger partial charge < -0.3 is 10.2 Å². The Kier molecular flexibility index (Phi) is 7.16. The van der Waals surface area contributed by atoms with Crippen molar-refractivity contribution in [3.05, 3.63) is 70.5 Å². The maximum Gasteiger partial charge on any atom is 0.242 e. The number of hydrogen-bond acceptors (Lipinski definition) is 2. The summed E-state index contributed by atoms with van der Waals surface area (Å²) in [4.78, 5) is 26.6. The Morgan fingerprint density at radius 1 is 1.15 bits per heavy atom. The first kappa shape index (κ1) is 19.9. The average Bonchev–Trinajstić information content (AvgIpc) is 2.61. The molecule has 26 heavy (non-hydrogen) atoms. The van der Waals surface area contributed by atoms with Crippen molar-refractivity contribution in [2.75, 3.05) is 6.54 Å². The molecule has 2 rings (SSSR count). The second kappa shape index (κ2) is 9.34. The summed E-state index contributed by atoms with van der Waals surface area (Å²) in [6, 6.07) is 12.3. The van der Waals surface area contributed by atoms with E-state index < -0.39 is 6.04 Å². The molecule has 0 saturated carbocycles. The van der Waals surface area contributed by atoms with Crippen LogP contribution in [-0.2, 0) is 22.6 Å². The molecule has 138 valence electrons. The molecule has 2 amide bonds. The smallest absolute Gasteiger partial charge is 0.242 e. The lowest BCUT2D eigenvalue weighted by molar-refractivity contribution is -0.140. The van der Waals surface area contributed by atoms with Crippen LogP contribution in [0.15, 0.2) is 48.5 Å². The summed E-state index contributed by atoms with van der Waals surface area (Å²) in [6.07, 6.45) is 0.0879. The summed E-state index contributed by atoms with van der Waals surface area (Å²) < 4.78 is 13.1. The third kappa shape index (κ3) is 5.56. The minimum absolute atomic E-state index is 0.0879. The summed E-state index contributed by atoms with van der Waals surface area (Å²) in [5, 5.41) is 3.31. The highest BCUT2D eigenvalue weighted by Gasteiger charge is 2.25. The van der Waals surface area contributed by atoms with Gasteiger partial charge in [0.1, 0.15) is 11.9 Å². The summed E-state index contributed by atoms with van der Waals surface area (Å²) in [5.41, 5.74) is 1.52. The van der Waals surface area contributed by atoms with Crippen LogP contribution in [0.4, 0.5) is 4.39 Å². The highest BCUT2D eigenvalue weighted by Crippen LogP contribution is 2.16. The number of halogens is 2. The Hall–Kier alpha value is -2.40. The van der Waals surface area contributed by atoms with Gasteiger partial charge in [0.25, 0.3) is 0 Å². The number of nitrogens with one attached hydrogen (secondary N) is 1. The van der Waals surface area contributed by atoms with Crippen molar-refractivity contribution in [3.8, 4) is 0 Å². The van der Waals surface area contributed by atoms with Gasteiger partial charge in [0.2, 0.25) is 11.8 Å². The minimum atomic E-state index is -0.637. The van der Waals surface area contributed by atoms with E-state index in [-0.39, 0.29) is 30.6 Å². The summed E-state index contributed by atoms with van der Waals surface area (Å²) in [5.74, 6) is -0.787. The zero-order valence-corrected chi connectivity index (χ0v) is 15.6. The fourth-order valence-corrected chi connectivity index (χ4v) is 2.83. The molecule has 0 aliphatic carbocycles. The third-order valence-electron chi connectivity index (χ3n) is 4.03. The van der Waals surface area contributed by atoms with Crippen molar-refractivity contribution in [1.29, 1.82) is 0 Å². The quantitative estimate of drug-likeness (QED) is 0.803. The number of likely N-dealkylation sites (N-methyl/N-ethyl adjacent to an activating group) is 1. The summed E-state index contributed by atoms with van der Waals surface area (Å²) in [6.45, 7) is 4.27. The zero-order chi connectivity index (χ0) is 19.1. The lowest BCUT2D eigenvalue weighted by Crippen LogP contribution is -2.48. The van der Waals surface area contributed by atoms with Crippen LogP contribution in [0.1, 0.15) is 25.0 Å². The van der Waals surface area contributed by atoms with Gasteiger partial charge >= 0.3 is 0 Å². The van der Waals surface area contributed by atoms with Gasteiger partial charge in [-0.2, -0.15) is 0 Å². The van der Waals surface area contributed by atoms with E-state index in [0.717, 1.165) is 5.56 Å². The van der Waals surface area contributed by atoms with Gasteiger partial charge in [0, 0.05) is 18.1 Å². The van der Waals surface area contributed by atoms with E-state index in [1.54, 1.807) is 37.3 Å². The third-order valence-corrected chi connectivity index (χ3v) is 4.26. The monoisotopic (exact) mass is 376 g/mol. The SMILES string of the molecule is CCNC(=O)[C@H](C)N(Cc1cccc(Cl)c1)C(=O)Cc1ccc(F)cc1. The Labute approximate surface area is 158 Å². The van der Waals surface area contributed by atoms with Crippen LogP contribution in [-0.4, -0.2) is 29.3 Å². The zero-order valence-electron chi connectivity index (χ0n) is 14.8. The maximum atomic E-state index is 13.1. The lowest BCUT2D eigenvalue weighted by Gasteiger charge is -2.29. The van der Waals surface area contributed by atoms with Crippen molar-refractivity contribution in [3.63, 3.8) is 0 Å². The average molecular weight is 377 g/mol. The molecule has 0 fully saturated rings. The van der Waals surface area contributed by atoms with Crippen LogP contribution in [0.25, 0.3) is 0 Å². The van der Waals surface area contributed by atoms with Crippen molar-refractivity contribution in [1.82, 2.24) is 10.2 Å². The molecule has 0 saturated heterocycles. The maximum absolute atomic E-state index is 13.1. The van der Waals surface area contributed by atoms with E-state index in [9.17, 15) is 14.0 Å². The topological polar surface area (TPSA) is 49.4 Å². The predicted molar refractivity (Wildman–Crippen MR) is 100 cm³/mol. The Bertz CT molecular complexity index is 765. The van der Waals surface area contributed by atoms with Gasteiger partial charge in [0.05, 0.1) is 6.42 Å². The molecule has 0 unspecified atom stereocenters. The van der Waals surface area contributed by atoms with Crippen molar-refractivity contribution in [2.24, 2.45) is 0 Å². The number of carbonyl (C=O) groups excluding carboxylic acids is 2. The van der Waals surface area contributed by atoms with E-state index >= 15 is 0 Å². The summed E-state index contributed by atoms with van der Waals surface area (Å²) >= 11 is 6.03. The first-order chi connectivity index (χ1) is 12.4. The number of hydrogen-bond donors (Lipinski definition) is 1. The minimum Gasteiger partial charge on any atom is -0.355 e. The summed E-state index contributed by atoms with van der Waals surface area (Å²) in [7, 11) is 0. The molecule has 0 aliphatic rings. The second-order valence-corrected chi connectivity index (χ2v) is 6.46. The molecule has 2 aromatic carbocycles. The molecule has 0 bridgehead atoms. The standard InChI is InChI=1S/C20H22ClFN2O2/c1-3-23-20(26)14(2)24(13-16-5-4-6-17(21)11-16)19(25)12-15-7-9-18(22)10-8-15/h4-11,14H,3,12-13H2,1-2H3,(H,23,26)/t14-/m0/s1. The number of carbonyl (C=O) groups is 2. The fourth-order valence-electron chi connectivity index (χ4n) is 2.62. The van der Waals surface area contributed by atoms with E-state index in [2.05, 4.69) is 5.32 Å². The normalized spacial score (nSPS) is 11.7. The molecule has 0 heterocycles. The van der Waals surface area contributed by atoms with E-state index in [4.69, 9.17) is 11.6 Å². The molecular formula is C20H22ClFN2O2. The highest BCUT2D eigenvalue weighted by molar-refractivity contribution is 6.30. The van der Waals surface area contributed by atoms with E-state index in [1.165, 1.54) is 17.0 Å². The Morgan fingerprint density at radius 2 is 1.85 bits per heavy atom. The first-order valence-corrected chi connectivity index (χ1v) is 8.84. The molecule has 0 aliphatic heterocycles. The van der Waals surface area contributed by atoms with E-state index in [0.29, 0.717) is 17.1 Å². The highest BCUT2D eigenvalue weighted by atomic mass is 35.5. The first-order valence-electron chi connectivity index (χ1n) is 8.46. The van der Waals surface area contributed by atoms with Crippen molar-refractivity contribution in [2.45, 2.75) is 32.9 Å². The molecule has 1 atom stereocenters. The largest absolute Gasteiger partial charge is 0.355 e. The van der Waals surface area contributed by atoms with Crippen LogP contribution < -0.4 is 5.32 Å². The molecule has 2 aromatic rings. The van der Waals surface area contributed by atoms with Crippen LogP contribution in [0.5, 0.6) is 0 Å². The van der Waals surface area contributed by atoms with Gasteiger partial charge in [-0.1, -0.05) is 35.9 Å². The van der Waals surface area contributed by atoms with E-state index in [1.807, 2.05) is 13.0 Å². The molecule has 0 aromatic heterocycles. The molecule has 0 radical (unpaired) electrons. The van der Waals surface area contributed by atoms with Crippen LogP contribution in [0.2, 0.25) is 5.02 Å². The fraction of sp³-hybridized carbons (Fsp3) is 0.300. The number of benzene rings is 2. The Morgan fingerprint density at radius 3 is 2.46 bits per heavy atom. The van der Waals surface area contributed by atoms with Gasteiger partial charge in [0.15, 0.2) is 0 Å². The molecule has 4 nitrogen and oxygen atoms in total. The van der Waals surface area contributed by atoms with Crippen LogP contribution in [0, 0.1) is 5.82 Å². The van der Waals surface area contributed by atoms with Gasteiger partial charge in [-0.15, -0.1) is 0 Å². The predicted octanol–water partition coefficient (Wildman–Crippen LogP) is 3.58. The van der Waals surface area contributed by atoms with Crippen LogP contribution in [0.3, 0.4) is 0 Å². The molecule has 1 N–H and O–H groups in total. The van der Waals surface area contributed by atoms with Crippen molar-refractivity contribution >= 4 is 23.4 Å². The lowest BCUT2D eigenvalue weighted by atomic mass is 10.1.